The van der Waals surface area contributed by atoms with Gasteiger partial charge in [0.25, 0.3) is 0 Å². The van der Waals surface area contributed by atoms with Crippen LogP contribution in [-0.2, 0) is 9.59 Å². The molecule has 0 bridgehead atoms. The molecule has 0 spiro atoms. The molecule has 0 N–H and O–H groups in total. The van der Waals surface area contributed by atoms with E-state index in [0.717, 1.165) is 0 Å². The molecular weight excluding hydrogens is 152 g/mol. The minimum Gasteiger partial charge on any atom is -0.291 e. The Morgan fingerprint density at radius 1 is 0.667 bits per heavy atom. The van der Waals surface area contributed by atoms with E-state index in [0.29, 0.717) is 0 Å². The van der Waals surface area contributed by atoms with Crippen LogP contribution in [0, 0.1) is 0 Å². The van der Waals surface area contributed by atoms with Gasteiger partial charge in [-0.25, -0.2) is 0 Å². The zero-order valence-corrected chi connectivity index (χ0v) is 7.28. The summed E-state index contributed by atoms with van der Waals surface area (Å²) < 4.78 is 0. The van der Waals surface area contributed by atoms with Crippen LogP contribution < -0.4 is 0 Å². The van der Waals surface area contributed by atoms with Crippen LogP contribution in [0.5, 0.6) is 0 Å². The van der Waals surface area contributed by atoms with Crippen LogP contribution in [0.15, 0.2) is 36.4 Å². The van der Waals surface area contributed by atoms with Crippen molar-refractivity contribution >= 4 is 11.6 Å². The van der Waals surface area contributed by atoms with E-state index in [9.17, 15) is 9.59 Å². The molecule has 2 nitrogen and oxygen atoms in total. The number of rotatable bonds is 1. The smallest absolute Gasteiger partial charge is 0.195 e. The molecule has 0 aliphatic rings. The lowest BCUT2D eigenvalue weighted by Crippen LogP contribution is -2.01. The van der Waals surface area contributed by atoms with Gasteiger partial charge in [0.15, 0.2) is 11.6 Å². The van der Waals surface area contributed by atoms with Gasteiger partial charge in [0.1, 0.15) is 0 Å². The summed E-state index contributed by atoms with van der Waals surface area (Å²) in [4.78, 5) is 19.6. The van der Waals surface area contributed by atoms with Crippen molar-refractivity contribution in [2.75, 3.05) is 0 Å². The number of ketones is 2. The largest absolute Gasteiger partial charge is 0.291 e. The topological polar surface area (TPSA) is 34.1 Å². The molecule has 0 saturated heterocycles. The third kappa shape index (κ3) is 6.68. The van der Waals surface area contributed by atoms with E-state index in [1.807, 2.05) is 36.4 Å². The third-order valence-corrected chi connectivity index (χ3v) is 1.16. The van der Waals surface area contributed by atoms with Crippen molar-refractivity contribution in [2.45, 2.75) is 13.8 Å². The summed E-state index contributed by atoms with van der Waals surface area (Å²) in [5.74, 6) is -0.759. The number of carbonyl (C=O) groups excluding carboxylic acids is 2. The van der Waals surface area contributed by atoms with E-state index >= 15 is 0 Å². The number of hydrogen-bond donors (Lipinski definition) is 0. The molecule has 1 aromatic rings. The number of benzene rings is 1. The second-order valence-corrected chi connectivity index (χ2v) is 2.27. The second-order valence-electron chi connectivity index (χ2n) is 2.27. The van der Waals surface area contributed by atoms with Gasteiger partial charge in [-0.1, -0.05) is 36.4 Å². The van der Waals surface area contributed by atoms with Crippen LogP contribution >= 0.6 is 0 Å². The first-order valence-corrected chi connectivity index (χ1v) is 3.66. The van der Waals surface area contributed by atoms with Crippen molar-refractivity contribution in [3.05, 3.63) is 36.4 Å². The quantitative estimate of drug-likeness (QED) is 0.593. The van der Waals surface area contributed by atoms with Gasteiger partial charge >= 0.3 is 0 Å². The van der Waals surface area contributed by atoms with Crippen LogP contribution in [0.25, 0.3) is 0 Å². The second kappa shape index (κ2) is 6.28. The van der Waals surface area contributed by atoms with Crippen molar-refractivity contribution in [1.29, 1.82) is 0 Å². The zero-order valence-electron chi connectivity index (χ0n) is 7.28. The monoisotopic (exact) mass is 164 g/mol. The molecule has 0 unspecified atom stereocenters. The first-order chi connectivity index (χ1) is 5.64. The van der Waals surface area contributed by atoms with E-state index in [2.05, 4.69) is 0 Å². The molecule has 2 heteroatoms. The number of Topliss-reactive ketones (excluding diaryl/α,β-unsaturated/α-hetero) is 2. The summed E-state index contributed by atoms with van der Waals surface area (Å²) in [5, 5.41) is 0. The third-order valence-electron chi connectivity index (χ3n) is 1.16. The molecule has 1 aromatic carbocycles. The SMILES string of the molecule is CC(=O)C(C)=O.c1ccccc1. The highest BCUT2D eigenvalue weighted by Crippen LogP contribution is 1.79. The van der Waals surface area contributed by atoms with Crippen LogP contribution in [0.1, 0.15) is 13.8 Å². The van der Waals surface area contributed by atoms with E-state index in [1.54, 1.807) is 0 Å². The average molecular weight is 164 g/mol. The average Bonchev–Trinajstić information content (AvgIpc) is 2.08. The van der Waals surface area contributed by atoms with Crippen LogP contribution in [0.2, 0.25) is 0 Å². The van der Waals surface area contributed by atoms with Gasteiger partial charge in [-0.15, -0.1) is 0 Å². The first-order valence-electron chi connectivity index (χ1n) is 3.66. The van der Waals surface area contributed by atoms with E-state index in [-0.39, 0.29) is 11.6 Å². The van der Waals surface area contributed by atoms with Gasteiger partial charge in [0.05, 0.1) is 0 Å². The Balaban J connectivity index is 0.000000202. The molecule has 0 heterocycles. The van der Waals surface area contributed by atoms with Crippen molar-refractivity contribution in [2.24, 2.45) is 0 Å². The number of hydrogen-bond acceptors (Lipinski definition) is 2. The van der Waals surface area contributed by atoms with Gasteiger partial charge in [-0.2, -0.15) is 0 Å². The van der Waals surface area contributed by atoms with Crippen LogP contribution in [0.4, 0.5) is 0 Å². The van der Waals surface area contributed by atoms with Gasteiger partial charge < -0.3 is 0 Å². The molecule has 0 aliphatic carbocycles. The van der Waals surface area contributed by atoms with Gasteiger partial charge in [-0.3, -0.25) is 9.59 Å². The molecule has 0 radical (unpaired) electrons. The highest BCUT2D eigenvalue weighted by molar-refractivity contribution is 6.35. The normalized spacial score (nSPS) is 7.83. The molecule has 0 amide bonds. The molecule has 64 valence electrons. The molecule has 0 fully saturated rings. The summed E-state index contributed by atoms with van der Waals surface area (Å²) in [6, 6.07) is 12.0. The molecular formula is C10H12O2. The summed E-state index contributed by atoms with van der Waals surface area (Å²) in [6.45, 7) is 2.50. The molecule has 1 rings (SSSR count). The van der Waals surface area contributed by atoms with Gasteiger partial charge in [0, 0.05) is 13.8 Å². The lowest BCUT2D eigenvalue weighted by atomic mass is 10.3. The maximum Gasteiger partial charge on any atom is 0.195 e. The summed E-state index contributed by atoms with van der Waals surface area (Å²) in [6.07, 6.45) is 0. The maximum absolute atomic E-state index is 9.79. The van der Waals surface area contributed by atoms with Crippen molar-refractivity contribution in [3.63, 3.8) is 0 Å². The highest BCUT2D eigenvalue weighted by atomic mass is 16.2. The molecule has 0 aromatic heterocycles. The fraction of sp³-hybridized carbons (Fsp3) is 0.200. The Labute approximate surface area is 72.2 Å². The van der Waals surface area contributed by atoms with Crippen molar-refractivity contribution < 1.29 is 9.59 Å². The summed E-state index contributed by atoms with van der Waals surface area (Å²) in [5.41, 5.74) is 0. The van der Waals surface area contributed by atoms with E-state index < -0.39 is 0 Å². The van der Waals surface area contributed by atoms with Crippen LogP contribution in [0.3, 0.4) is 0 Å². The van der Waals surface area contributed by atoms with Crippen LogP contribution in [-0.4, -0.2) is 11.6 Å². The minimum atomic E-state index is -0.380. The Bertz CT molecular complexity index is 201. The molecule has 12 heavy (non-hydrogen) atoms. The Hall–Kier alpha value is -1.44. The molecule has 0 saturated carbocycles. The van der Waals surface area contributed by atoms with Crippen molar-refractivity contribution in [1.82, 2.24) is 0 Å². The predicted molar refractivity (Wildman–Crippen MR) is 47.8 cm³/mol. The van der Waals surface area contributed by atoms with Gasteiger partial charge in [-0.05, 0) is 0 Å². The minimum absolute atomic E-state index is 0.380. The summed E-state index contributed by atoms with van der Waals surface area (Å²) >= 11 is 0. The van der Waals surface area contributed by atoms with Gasteiger partial charge in [0.2, 0.25) is 0 Å². The lowest BCUT2D eigenvalue weighted by molar-refractivity contribution is -0.134. The standard InChI is InChI=1S/C6H6.C4H6O2/c1-2-4-6-5-3-1;1-3(5)4(2)6/h1-6H;1-2H3. The number of carbonyl (C=O) groups is 2. The lowest BCUT2D eigenvalue weighted by Gasteiger charge is -1.73. The first kappa shape index (κ1) is 10.6. The predicted octanol–water partition coefficient (Wildman–Crippen LogP) is 1.85. The zero-order chi connectivity index (χ0) is 9.40. The Morgan fingerprint density at radius 2 is 0.833 bits per heavy atom. The Kier molecular flexibility index (Phi) is 5.53. The fourth-order valence-corrected chi connectivity index (χ4v) is 0.385. The highest BCUT2D eigenvalue weighted by Gasteiger charge is 1.94. The molecule has 0 atom stereocenters. The van der Waals surface area contributed by atoms with E-state index in [1.165, 1.54) is 13.8 Å². The summed E-state index contributed by atoms with van der Waals surface area (Å²) in [7, 11) is 0. The fourth-order valence-electron chi connectivity index (χ4n) is 0.385. The molecule has 0 aliphatic heterocycles. The van der Waals surface area contributed by atoms with E-state index in [4.69, 9.17) is 0 Å². The Morgan fingerprint density at radius 3 is 0.917 bits per heavy atom. The maximum atomic E-state index is 9.79. The van der Waals surface area contributed by atoms with Crippen molar-refractivity contribution in [3.8, 4) is 0 Å².